The summed E-state index contributed by atoms with van der Waals surface area (Å²) >= 11 is 0. The summed E-state index contributed by atoms with van der Waals surface area (Å²) in [7, 11) is 2.13. The fraction of sp³-hybridized carbons (Fsp3) is 0.562. The molecule has 2 atom stereocenters. The Bertz CT molecular complexity index is 463. The maximum absolute atomic E-state index is 12.5. The number of hydrogen-bond acceptors (Lipinski definition) is 3. The van der Waals surface area contributed by atoms with Crippen molar-refractivity contribution in [3.8, 4) is 0 Å². The van der Waals surface area contributed by atoms with E-state index < -0.39 is 0 Å². The lowest BCUT2D eigenvalue weighted by Gasteiger charge is -2.42. The summed E-state index contributed by atoms with van der Waals surface area (Å²) in [5.41, 5.74) is 7.86. The number of nitrogens with two attached hydrogens (primary N) is 1. The van der Waals surface area contributed by atoms with Crippen LogP contribution in [0.3, 0.4) is 0 Å². The number of carbonyl (C=O) groups is 1. The number of likely N-dealkylation sites (N-methyl/N-ethyl adjacent to an activating group) is 1. The van der Waals surface area contributed by atoms with E-state index in [1.165, 1.54) is 0 Å². The smallest absolute Gasteiger partial charge is 0.227 e. The van der Waals surface area contributed by atoms with Gasteiger partial charge in [0.1, 0.15) is 0 Å². The van der Waals surface area contributed by atoms with Gasteiger partial charge in [0.15, 0.2) is 0 Å². The summed E-state index contributed by atoms with van der Waals surface area (Å²) in [4.78, 5) is 16.8. The normalized spacial score (nSPS) is 23.9. The molecule has 4 heteroatoms. The minimum atomic E-state index is 0.206. The Morgan fingerprint density at radius 2 is 1.75 bits per heavy atom. The van der Waals surface area contributed by atoms with Crippen LogP contribution in [0.2, 0.25) is 0 Å². The van der Waals surface area contributed by atoms with Crippen LogP contribution < -0.4 is 5.73 Å². The molecule has 1 heterocycles. The predicted molar refractivity (Wildman–Crippen MR) is 81.3 cm³/mol. The molecule has 1 aliphatic rings. The maximum atomic E-state index is 12.5. The molecule has 1 fully saturated rings. The number of piperazine rings is 1. The lowest BCUT2D eigenvalue weighted by molar-refractivity contribution is -0.134. The predicted octanol–water partition coefficient (Wildman–Crippen LogP) is 1.24. The van der Waals surface area contributed by atoms with E-state index in [2.05, 4.69) is 25.8 Å². The van der Waals surface area contributed by atoms with Gasteiger partial charge in [0.2, 0.25) is 5.91 Å². The van der Waals surface area contributed by atoms with Gasteiger partial charge in [0.25, 0.3) is 0 Å². The van der Waals surface area contributed by atoms with Gasteiger partial charge >= 0.3 is 0 Å². The summed E-state index contributed by atoms with van der Waals surface area (Å²) in [5.74, 6) is 0.206. The monoisotopic (exact) mass is 275 g/mol. The minimum Gasteiger partial charge on any atom is -0.339 e. The van der Waals surface area contributed by atoms with Crippen LogP contribution in [0, 0.1) is 0 Å². The number of benzene rings is 1. The number of amides is 1. The van der Waals surface area contributed by atoms with E-state index in [-0.39, 0.29) is 5.91 Å². The van der Waals surface area contributed by atoms with Gasteiger partial charge in [0.05, 0.1) is 6.42 Å². The van der Waals surface area contributed by atoms with Gasteiger partial charge < -0.3 is 10.6 Å². The first-order chi connectivity index (χ1) is 9.52. The molecule has 110 valence electrons. The first-order valence-electron chi connectivity index (χ1n) is 7.29. The molecule has 0 radical (unpaired) electrons. The van der Waals surface area contributed by atoms with E-state index in [1.807, 2.05) is 29.2 Å². The number of hydrogen-bond donors (Lipinski definition) is 1. The molecule has 2 rings (SSSR count). The van der Waals surface area contributed by atoms with Crippen LogP contribution in [0.1, 0.15) is 25.0 Å². The Hall–Kier alpha value is -1.39. The molecule has 1 aromatic rings. The second-order valence-corrected chi connectivity index (χ2v) is 5.81. The minimum absolute atomic E-state index is 0.206. The van der Waals surface area contributed by atoms with Crippen LogP contribution in [0.25, 0.3) is 0 Å². The second-order valence-electron chi connectivity index (χ2n) is 5.81. The Morgan fingerprint density at radius 1 is 1.20 bits per heavy atom. The average molecular weight is 275 g/mol. The van der Waals surface area contributed by atoms with E-state index in [9.17, 15) is 4.79 Å². The summed E-state index contributed by atoms with van der Waals surface area (Å²) in [6.07, 6.45) is 0.455. The number of nitrogens with zero attached hydrogens (tertiary/aromatic N) is 2. The summed E-state index contributed by atoms with van der Waals surface area (Å²) < 4.78 is 0. The zero-order chi connectivity index (χ0) is 14.7. The Balaban J connectivity index is 2.05. The van der Waals surface area contributed by atoms with Gasteiger partial charge in [-0.1, -0.05) is 24.3 Å². The summed E-state index contributed by atoms with van der Waals surface area (Å²) in [6, 6.07) is 8.76. The van der Waals surface area contributed by atoms with Crippen molar-refractivity contribution in [1.29, 1.82) is 0 Å². The first-order valence-corrected chi connectivity index (χ1v) is 7.29. The molecule has 0 aromatic heterocycles. The molecule has 1 amide bonds. The molecular weight excluding hydrogens is 250 g/mol. The van der Waals surface area contributed by atoms with Gasteiger partial charge in [-0.15, -0.1) is 0 Å². The molecule has 2 unspecified atom stereocenters. The van der Waals surface area contributed by atoms with Crippen LogP contribution in [0.4, 0.5) is 0 Å². The standard InChI is InChI=1S/C16H25N3O/c1-12-10-19(11-13(2)18(12)3)16(20)8-14-6-4-5-7-15(14)9-17/h4-7,12-13H,8-11,17H2,1-3H3. The molecule has 20 heavy (non-hydrogen) atoms. The zero-order valence-electron chi connectivity index (χ0n) is 12.7. The molecule has 1 aliphatic heterocycles. The van der Waals surface area contributed by atoms with E-state index in [0.29, 0.717) is 25.0 Å². The van der Waals surface area contributed by atoms with Crippen molar-refractivity contribution < 1.29 is 4.79 Å². The van der Waals surface area contributed by atoms with Crippen LogP contribution in [-0.4, -0.2) is 47.9 Å². The fourth-order valence-electron chi connectivity index (χ4n) is 2.81. The molecule has 0 aliphatic carbocycles. The van der Waals surface area contributed by atoms with Gasteiger partial charge in [-0.05, 0) is 32.0 Å². The highest BCUT2D eigenvalue weighted by molar-refractivity contribution is 5.79. The third kappa shape index (κ3) is 3.19. The highest BCUT2D eigenvalue weighted by Gasteiger charge is 2.29. The molecular formula is C16H25N3O. The highest BCUT2D eigenvalue weighted by Crippen LogP contribution is 2.16. The Kier molecular flexibility index (Phi) is 4.78. The third-order valence-corrected chi connectivity index (χ3v) is 4.39. The van der Waals surface area contributed by atoms with Crippen molar-refractivity contribution in [2.24, 2.45) is 5.73 Å². The second kappa shape index (κ2) is 6.37. The maximum Gasteiger partial charge on any atom is 0.227 e. The summed E-state index contributed by atoms with van der Waals surface area (Å²) in [5, 5.41) is 0. The SMILES string of the molecule is CC1CN(C(=O)Cc2ccccc2CN)CC(C)N1C. The lowest BCUT2D eigenvalue weighted by Crippen LogP contribution is -2.56. The molecule has 0 spiro atoms. The van der Waals surface area contributed by atoms with E-state index in [4.69, 9.17) is 5.73 Å². The van der Waals surface area contributed by atoms with Crippen molar-refractivity contribution in [2.75, 3.05) is 20.1 Å². The van der Waals surface area contributed by atoms with Crippen LogP contribution in [0.15, 0.2) is 24.3 Å². The highest BCUT2D eigenvalue weighted by atomic mass is 16.2. The fourth-order valence-corrected chi connectivity index (χ4v) is 2.81. The van der Waals surface area contributed by atoms with Crippen molar-refractivity contribution >= 4 is 5.91 Å². The lowest BCUT2D eigenvalue weighted by atomic mass is 10.0. The molecule has 0 saturated carbocycles. The first kappa shape index (κ1) is 15.0. The Morgan fingerprint density at radius 3 is 2.30 bits per heavy atom. The number of carbonyl (C=O) groups excluding carboxylic acids is 1. The van der Waals surface area contributed by atoms with Crippen molar-refractivity contribution in [2.45, 2.75) is 38.9 Å². The number of rotatable bonds is 3. The quantitative estimate of drug-likeness (QED) is 0.903. The molecule has 0 bridgehead atoms. The molecule has 1 saturated heterocycles. The van der Waals surface area contributed by atoms with Gasteiger partial charge in [0, 0.05) is 31.7 Å². The molecule has 4 nitrogen and oxygen atoms in total. The average Bonchev–Trinajstić information content (AvgIpc) is 2.44. The molecule has 1 aromatic carbocycles. The topological polar surface area (TPSA) is 49.6 Å². The van der Waals surface area contributed by atoms with Crippen molar-refractivity contribution in [3.63, 3.8) is 0 Å². The van der Waals surface area contributed by atoms with Crippen LogP contribution in [0.5, 0.6) is 0 Å². The van der Waals surface area contributed by atoms with Gasteiger partial charge in [-0.25, -0.2) is 0 Å². The van der Waals surface area contributed by atoms with E-state index >= 15 is 0 Å². The van der Waals surface area contributed by atoms with Gasteiger partial charge in [-0.3, -0.25) is 9.69 Å². The van der Waals surface area contributed by atoms with Crippen LogP contribution in [-0.2, 0) is 17.8 Å². The summed E-state index contributed by atoms with van der Waals surface area (Å²) in [6.45, 7) is 6.45. The van der Waals surface area contributed by atoms with Crippen molar-refractivity contribution in [1.82, 2.24) is 9.80 Å². The Labute approximate surface area is 121 Å². The van der Waals surface area contributed by atoms with Crippen molar-refractivity contribution in [3.05, 3.63) is 35.4 Å². The zero-order valence-corrected chi connectivity index (χ0v) is 12.7. The van der Waals surface area contributed by atoms with E-state index in [1.54, 1.807) is 0 Å². The van der Waals surface area contributed by atoms with E-state index in [0.717, 1.165) is 24.2 Å². The van der Waals surface area contributed by atoms with Gasteiger partial charge in [-0.2, -0.15) is 0 Å². The molecule has 2 N–H and O–H groups in total. The largest absolute Gasteiger partial charge is 0.339 e. The third-order valence-electron chi connectivity index (χ3n) is 4.39. The van der Waals surface area contributed by atoms with Crippen LogP contribution >= 0.6 is 0 Å².